The maximum absolute atomic E-state index is 12.4. The number of rotatable bonds is 0. The number of carbonyl (C=O) groups excluding carboxylic acids is 1. The van der Waals surface area contributed by atoms with Gasteiger partial charge in [0.2, 0.25) is 0 Å². The molecule has 1 heteroatoms. The van der Waals surface area contributed by atoms with E-state index in [2.05, 4.69) is 32.9 Å². The van der Waals surface area contributed by atoms with Crippen LogP contribution in [0.4, 0.5) is 0 Å². The van der Waals surface area contributed by atoms with E-state index in [1.807, 2.05) is 0 Å². The van der Waals surface area contributed by atoms with Gasteiger partial charge in [-0.2, -0.15) is 0 Å². The highest BCUT2D eigenvalue weighted by atomic mass is 16.1. The van der Waals surface area contributed by atoms with Crippen LogP contribution in [0.25, 0.3) is 0 Å². The smallest absolute Gasteiger partial charge is 0.139 e. The highest BCUT2D eigenvalue weighted by Gasteiger charge is 2.54. The summed E-state index contributed by atoms with van der Waals surface area (Å²) in [4.78, 5) is 12.4. The van der Waals surface area contributed by atoms with Crippen LogP contribution in [-0.2, 0) is 11.2 Å². The molecule has 3 aliphatic rings. The van der Waals surface area contributed by atoms with Crippen molar-refractivity contribution >= 4 is 5.78 Å². The molecule has 2 saturated carbocycles. The maximum atomic E-state index is 12.4. The Hall–Kier alpha value is -1.11. The van der Waals surface area contributed by atoms with Crippen molar-refractivity contribution in [3.05, 3.63) is 34.4 Å². The normalized spacial score (nSPS) is 37.9. The van der Waals surface area contributed by atoms with Crippen LogP contribution < -0.4 is 0 Å². The Morgan fingerprint density at radius 2 is 1.90 bits per heavy atom. The first-order chi connectivity index (χ1) is 10.0. The third-order valence-electron chi connectivity index (χ3n) is 6.93. The van der Waals surface area contributed by atoms with E-state index in [-0.39, 0.29) is 5.41 Å². The molecule has 2 fully saturated rings. The highest BCUT2D eigenvalue weighted by Crippen LogP contribution is 2.59. The van der Waals surface area contributed by atoms with Gasteiger partial charge in [-0.1, -0.05) is 24.6 Å². The lowest BCUT2D eigenvalue weighted by Gasteiger charge is -2.48. The standard InChI is InChI=1S/C20H26O/c1-12-10-13(2)14-4-5-16-15(17(14)11-12)8-9-20(3)18(16)6-7-19(20)21/h10-11,15-16,18H,4-9H2,1-3H3/t15-,16+,18-,20-/m0/s1. The Morgan fingerprint density at radius 1 is 1.10 bits per heavy atom. The molecule has 4 rings (SSSR count). The lowest BCUT2D eigenvalue weighted by atomic mass is 9.55. The van der Waals surface area contributed by atoms with E-state index in [4.69, 9.17) is 0 Å². The molecule has 0 heterocycles. The van der Waals surface area contributed by atoms with Gasteiger partial charge in [-0.3, -0.25) is 4.79 Å². The van der Waals surface area contributed by atoms with E-state index in [0.717, 1.165) is 31.1 Å². The topological polar surface area (TPSA) is 17.1 Å². The molecule has 1 aromatic carbocycles. The van der Waals surface area contributed by atoms with Gasteiger partial charge >= 0.3 is 0 Å². The van der Waals surface area contributed by atoms with E-state index < -0.39 is 0 Å². The zero-order chi connectivity index (χ0) is 14.8. The van der Waals surface area contributed by atoms with Crippen LogP contribution in [0, 0.1) is 31.1 Å². The molecule has 1 aromatic rings. The third kappa shape index (κ3) is 1.79. The van der Waals surface area contributed by atoms with Crippen LogP contribution in [0.2, 0.25) is 0 Å². The second kappa shape index (κ2) is 4.44. The molecular formula is C20H26O. The minimum atomic E-state index is 0.0114. The largest absolute Gasteiger partial charge is 0.299 e. The van der Waals surface area contributed by atoms with E-state index >= 15 is 0 Å². The van der Waals surface area contributed by atoms with Gasteiger partial charge in [0.1, 0.15) is 5.78 Å². The molecule has 21 heavy (non-hydrogen) atoms. The van der Waals surface area contributed by atoms with Crippen LogP contribution in [0.3, 0.4) is 0 Å². The number of ketones is 1. The predicted molar refractivity (Wildman–Crippen MR) is 85.5 cm³/mol. The van der Waals surface area contributed by atoms with E-state index in [1.165, 1.54) is 30.4 Å². The molecule has 0 aliphatic heterocycles. The summed E-state index contributed by atoms with van der Waals surface area (Å²) in [7, 11) is 0. The number of benzene rings is 1. The van der Waals surface area contributed by atoms with Crippen LogP contribution in [0.15, 0.2) is 12.1 Å². The van der Waals surface area contributed by atoms with Crippen LogP contribution >= 0.6 is 0 Å². The summed E-state index contributed by atoms with van der Waals surface area (Å²) < 4.78 is 0. The monoisotopic (exact) mass is 282 g/mol. The molecule has 1 nitrogen and oxygen atoms in total. The predicted octanol–water partition coefficient (Wildman–Crippen LogP) is 4.73. The summed E-state index contributed by atoms with van der Waals surface area (Å²) in [5, 5.41) is 0. The lowest BCUT2D eigenvalue weighted by molar-refractivity contribution is -0.129. The maximum Gasteiger partial charge on any atom is 0.139 e. The lowest BCUT2D eigenvalue weighted by Crippen LogP contribution is -2.42. The molecule has 4 atom stereocenters. The number of hydrogen-bond acceptors (Lipinski definition) is 1. The van der Waals surface area contributed by atoms with Crippen molar-refractivity contribution in [3.63, 3.8) is 0 Å². The summed E-state index contributed by atoms with van der Waals surface area (Å²) in [6, 6.07) is 4.78. The van der Waals surface area contributed by atoms with Crippen molar-refractivity contribution in [3.8, 4) is 0 Å². The second-order valence-electron chi connectivity index (χ2n) is 7.98. The number of Topliss-reactive ketones (excluding diaryl/α,β-unsaturated/α-hetero) is 1. The van der Waals surface area contributed by atoms with Crippen molar-refractivity contribution in [1.82, 2.24) is 0 Å². The van der Waals surface area contributed by atoms with Crippen LogP contribution in [0.1, 0.15) is 67.2 Å². The minimum absolute atomic E-state index is 0.0114. The quantitative estimate of drug-likeness (QED) is 0.672. The van der Waals surface area contributed by atoms with Crippen molar-refractivity contribution < 1.29 is 4.79 Å². The van der Waals surface area contributed by atoms with Gasteiger partial charge in [0, 0.05) is 11.8 Å². The van der Waals surface area contributed by atoms with Crippen molar-refractivity contribution in [2.75, 3.05) is 0 Å². The molecule has 0 radical (unpaired) electrons. The minimum Gasteiger partial charge on any atom is -0.299 e. The fourth-order valence-electron chi connectivity index (χ4n) is 5.86. The summed E-state index contributed by atoms with van der Waals surface area (Å²) in [5.41, 5.74) is 6.15. The first-order valence-corrected chi connectivity index (χ1v) is 8.64. The van der Waals surface area contributed by atoms with Crippen LogP contribution in [-0.4, -0.2) is 5.78 Å². The zero-order valence-corrected chi connectivity index (χ0v) is 13.5. The SMILES string of the molecule is Cc1cc(C)c2c(c1)[C@H]1CC[C@]3(C)C(=O)CC[C@H]3[C@@H]1CC2. The third-order valence-corrected chi connectivity index (χ3v) is 6.93. The van der Waals surface area contributed by atoms with E-state index in [9.17, 15) is 4.79 Å². The summed E-state index contributed by atoms with van der Waals surface area (Å²) in [6.45, 7) is 6.77. The molecule has 0 unspecified atom stereocenters. The van der Waals surface area contributed by atoms with E-state index in [0.29, 0.717) is 11.7 Å². The van der Waals surface area contributed by atoms with Crippen LogP contribution in [0.5, 0.6) is 0 Å². The van der Waals surface area contributed by atoms with Gasteiger partial charge in [0.05, 0.1) is 0 Å². The Morgan fingerprint density at radius 3 is 2.71 bits per heavy atom. The summed E-state index contributed by atoms with van der Waals surface area (Å²) in [5.74, 6) is 2.68. The summed E-state index contributed by atoms with van der Waals surface area (Å²) >= 11 is 0. The Balaban J connectivity index is 1.77. The molecule has 0 N–H and O–H groups in total. The van der Waals surface area contributed by atoms with Crippen molar-refractivity contribution in [1.29, 1.82) is 0 Å². The van der Waals surface area contributed by atoms with Gasteiger partial charge in [-0.05, 0) is 80.4 Å². The van der Waals surface area contributed by atoms with Gasteiger partial charge in [-0.25, -0.2) is 0 Å². The van der Waals surface area contributed by atoms with E-state index in [1.54, 1.807) is 11.1 Å². The van der Waals surface area contributed by atoms with Gasteiger partial charge in [-0.15, -0.1) is 0 Å². The van der Waals surface area contributed by atoms with Gasteiger partial charge < -0.3 is 0 Å². The molecule has 0 bridgehead atoms. The van der Waals surface area contributed by atoms with Gasteiger partial charge in [0.25, 0.3) is 0 Å². The number of aryl methyl sites for hydroxylation is 2. The fourth-order valence-corrected chi connectivity index (χ4v) is 5.86. The molecule has 0 spiro atoms. The molecule has 3 aliphatic carbocycles. The number of fused-ring (bicyclic) bond motifs is 5. The number of carbonyl (C=O) groups is 1. The Labute approximate surface area is 128 Å². The molecule has 112 valence electrons. The van der Waals surface area contributed by atoms with Crippen molar-refractivity contribution in [2.24, 2.45) is 17.3 Å². The zero-order valence-electron chi connectivity index (χ0n) is 13.5. The Bertz CT molecular complexity index is 615. The highest BCUT2D eigenvalue weighted by molar-refractivity contribution is 5.87. The molecular weight excluding hydrogens is 256 g/mol. The Kier molecular flexibility index (Phi) is 2.87. The molecule has 0 aromatic heterocycles. The first kappa shape index (κ1) is 13.5. The van der Waals surface area contributed by atoms with Gasteiger partial charge in [0.15, 0.2) is 0 Å². The summed E-state index contributed by atoms with van der Waals surface area (Å²) in [6.07, 6.45) is 6.85. The fraction of sp³-hybridized carbons (Fsp3) is 0.650. The molecule has 0 saturated heterocycles. The average molecular weight is 282 g/mol. The molecule has 0 amide bonds. The first-order valence-electron chi connectivity index (χ1n) is 8.64. The van der Waals surface area contributed by atoms with Crippen molar-refractivity contribution in [2.45, 2.75) is 65.2 Å². The number of hydrogen-bond donors (Lipinski definition) is 0. The second-order valence-corrected chi connectivity index (χ2v) is 7.98. The average Bonchev–Trinajstić information content (AvgIpc) is 2.74.